The van der Waals surface area contributed by atoms with Crippen LogP contribution in [0.5, 0.6) is 11.5 Å². The lowest BCUT2D eigenvalue weighted by atomic mass is 10.2. The number of carbonyl (C=O) groups excluding carboxylic acids is 4. The van der Waals surface area contributed by atoms with Gasteiger partial charge in [0.25, 0.3) is 11.1 Å². The summed E-state index contributed by atoms with van der Waals surface area (Å²) in [6, 6.07) is 4.85. The maximum absolute atomic E-state index is 12.6. The number of esters is 2. The van der Waals surface area contributed by atoms with E-state index in [1.54, 1.807) is 32.0 Å². The summed E-state index contributed by atoms with van der Waals surface area (Å²) >= 11 is 0.728. The largest absolute Gasteiger partial charge is 0.493 e. The van der Waals surface area contributed by atoms with E-state index in [-0.39, 0.29) is 30.0 Å². The van der Waals surface area contributed by atoms with Crippen LogP contribution in [0.25, 0.3) is 6.08 Å². The molecule has 2 amide bonds. The van der Waals surface area contributed by atoms with Crippen molar-refractivity contribution in [3.63, 3.8) is 0 Å². The first-order valence-corrected chi connectivity index (χ1v) is 10.5. The number of hydrogen-bond acceptors (Lipinski definition) is 9. The fourth-order valence-electron chi connectivity index (χ4n) is 2.50. The van der Waals surface area contributed by atoms with Gasteiger partial charge in [0.15, 0.2) is 18.1 Å². The molecule has 0 radical (unpaired) electrons. The predicted molar refractivity (Wildman–Crippen MR) is 114 cm³/mol. The number of amides is 2. The summed E-state index contributed by atoms with van der Waals surface area (Å²) in [4.78, 5) is 49.3. The van der Waals surface area contributed by atoms with Gasteiger partial charge in [0.2, 0.25) is 0 Å². The Labute approximate surface area is 184 Å². The molecule has 0 aliphatic carbocycles. The number of rotatable bonds is 10. The molecule has 1 aliphatic rings. The second-order valence-electron chi connectivity index (χ2n) is 6.48. The first kappa shape index (κ1) is 24.3. The number of thioether (sulfide) groups is 1. The number of imide groups is 1. The quantitative estimate of drug-likeness (QED) is 0.392. The van der Waals surface area contributed by atoms with Crippen molar-refractivity contribution in [2.45, 2.75) is 33.3 Å². The predicted octanol–water partition coefficient (Wildman–Crippen LogP) is 3.02. The lowest BCUT2D eigenvalue weighted by Crippen LogP contribution is -2.35. The number of hydrogen-bond donors (Lipinski definition) is 0. The number of carbonyl (C=O) groups is 4. The van der Waals surface area contributed by atoms with E-state index in [0.717, 1.165) is 16.7 Å². The second kappa shape index (κ2) is 11.4. The van der Waals surface area contributed by atoms with Crippen molar-refractivity contribution in [1.82, 2.24) is 4.90 Å². The molecule has 0 spiro atoms. The average Bonchev–Trinajstić information content (AvgIpc) is 2.99. The molecular weight excluding hydrogens is 426 g/mol. The van der Waals surface area contributed by atoms with Gasteiger partial charge in [-0.15, -0.1) is 0 Å². The minimum absolute atomic E-state index is 0.155. The standard InChI is InChI=1S/C21H25NO8S/c1-5-13(3)30-18(23)11-22-20(25)17(31-21(22)26)10-14-7-8-15(27-4)16(9-14)29-12-19(24)28-6-2/h7-10,13H,5-6,11-12H2,1-4H3/b17-10-/t13-/m0/s1. The van der Waals surface area contributed by atoms with E-state index in [2.05, 4.69) is 0 Å². The van der Waals surface area contributed by atoms with Crippen molar-refractivity contribution in [2.24, 2.45) is 0 Å². The monoisotopic (exact) mass is 451 g/mol. The molecular formula is C21H25NO8S. The minimum atomic E-state index is -0.642. The van der Waals surface area contributed by atoms with E-state index >= 15 is 0 Å². The van der Waals surface area contributed by atoms with Crippen molar-refractivity contribution in [2.75, 3.05) is 26.9 Å². The third-order valence-corrected chi connectivity index (χ3v) is 5.11. The molecule has 1 aliphatic heterocycles. The van der Waals surface area contributed by atoms with Gasteiger partial charge in [0, 0.05) is 0 Å². The summed E-state index contributed by atoms with van der Waals surface area (Å²) in [5, 5.41) is -0.551. The Balaban J connectivity index is 2.14. The zero-order valence-corrected chi connectivity index (χ0v) is 18.7. The van der Waals surface area contributed by atoms with E-state index in [1.165, 1.54) is 13.2 Å². The van der Waals surface area contributed by atoms with Gasteiger partial charge in [0.1, 0.15) is 6.54 Å². The molecule has 0 bridgehead atoms. The summed E-state index contributed by atoms with van der Waals surface area (Å²) < 4.78 is 20.6. The molecule has 1 aromatic carbocycles. The Hall–Kier alpha value is -3.01. The van der Waals surface area contributed by atoms with E-state index in [4.69, 9.17) is 18.9 Å². The maximum atomic E-state index is 12.6. The highest BCUT2D eigenvalue weighted by atomic mass is 32.2. The normalized spacial score (nSPS) is 15.7. The van der Waals surface area contributed by atoms with E-state index in [1.807, 2.05) is 6.92 Å². The van der Waals surface area contributed by atoms with Crippen LogP contribution in [0.15, 0.2) is 23.1 Å². The van der Waals surface area contributed by atoms with Crippen LogP contribution < -0.4 is 9.47 Å². The smallest absolute Gasteiger partial charge is 0.344 e. The Morgan fingerprint density at radius 3 is 2.55 bits per heavy atom. The fourth-order valence-corrected chi connectivity index (χ4v) is 3.34. The lowest BCUT2D eigenvalue weighted by Gasteiger charge is -2.14. The first-order chi connectivity index (χ1) is 14.8. The van der Waals surface area contributed by atoms with Crippen LogP contribution in [-0.2, 0) is 23.9 Å². The highest BCUT2D eigenvalue weighted by Crippen LogP contribution is 2.34. The van der Waals surface area contributed by atoms with Gasteiger partial charge in [-0.3, -0.25) is 19.3 Å². The Kier molecular flexibility index (Phi) is 8.92. The minimum Gasteiger partial charge on any atom is -0.493 e. The lowest BCUT2D eigenvalue weighted by molar-refractivity contribution is -0.150. The Morgan fingerprint density at radius 1 is 1.16 bits per heavy atom. The highest BCUT2D eigenvalue weighted by Gasteiger charge is 2.36. The van der Waals surface area contributed by atoms with Gasteiger partial charge in [-0.1, -0.05) is 13.0 Å². The molecule has 1 fully saturated rings. The van der Waals surface area contributed by atoms with Crippen LogP contribution in [-0.4, -0.2) is 61.0 Å². The van der Waals surface area contributed by atoms with E-state index in [0.29, 0.717) is 17.7 Å². The summed E-state index contributed by atoms with van der Waals surface area (Å²) in [7, 11) is 1.45. The van der Waals surface area contributed by atoms with Crippen LogP contribution >= 0.6 is 11.8 Å². The number of methoxy groups -OCH3 is 1. The number of benzene rings is 1. The molecule has 168 valence electrons. The van der Waals surface area contributed by atoms with Crippen molar-refractivity contribution < 1.29 is 38.1 Å². The molecule has 1 aromatic rings. The molecule has 1 heterocycles. The zero-order chi connectivity index (χ0) is 23.0. The zero-order valence-electron chi connectivity index (χ0n) is 17.8. The maximum Gasteiger partial charge on any atom is 0.344 e. The molecule has 0 aromatic heterocycles. The van der Waals surface area contributed by atoms with Crippen molar-refractivity contribution in [3.8, 4) is 11.5 Å². The molecule has 1 atom stereocenters. The summed E-state index contributed by atoms with van der Waals surface area (Å²) in [5.41, 5.74) is 0.548. The van der Waals surface area contributed by atoms with Gasteiger partial charge in [-0.25, -0.2) is 4.79 Å². The topological polar surface area (TPSA) is 108 Å². The summed E-state index contributed by atoms with van der Waals surface area (Å²) in [6.07, 6.45) is 1.84. The van der Waals surface area contributed by atoms with Crippen LogP contribution in [0.3, 0.4) is 0 Å². The summed E-state index contributed by atoms with van der Waals surface area (Å²) in [5.74, 6) is -1.08. The van der Waals surface area contributed by atoms with Gasteiger partial charge >= 0.3 is 11.9 Å². The van der Waals surface area contributed by atoms with Gasteiger partial charge < -0.3 is 18.9 Å². The van der Waals surface area contributed by atoms with Crippen molar-refractivity contribution >= 4 is 40.9 Å². The van der Waals surface area contributed by atoms with Crippen LogP contribution in [0.2, 0.25) is 0 Å². The number of ether oxygens (including phenoxy) is 4. The third-order valence-electron chi connectivity index (χ3n) is 4.20. The molecule has 0 unspecified atom stereocenters. The first-order valence-electron chi connectivity index (χ1n) is 9.70. The second-order valence-corrected chi connectivity index (χ2v) is 7.47. The molecule has 0 saturated carbocycles. The number of nitrogens with zero attached hydrogens (tertiary/aromatic N) is 1. The van der Waals surface area contributed by atoms with Gasteiger partial charge in [0.05, 0.1) is 24.7 Å². The van der Waals surface area contributed by atoms with Crippen LogP contribution in [0.1, 0.15) is 32.8 Å². The molecule has 1 saturated heterocycles. The van der Waals surface area contributed by atoms with Crippen molar-refractivity contribution in [1.29, 1.82) is 0 Å². The third kappa shape index (κ3) is 6.74. The van der Waals surface area contributed by atoms with E-state index in [9.17, 15) is 19.2 Å². The van der Waals surface area contributed by atoms with Crippen molar-refractivity contribution in [3.05, 3.63) is 28.7 Å². The molecule has 2 rings (SSSR count). The molecule has 0 N–H and O–H groups in total. The van der Waals surface area contributed by atoms with Crippen LogP contribution in [0, 0.1) is 0 Å². The Bertz CT molecular complexity index is 882. The highest BCUT2D eigenvalue weighted by molar-refractivity contribution is 8.18. The molecule has 10 heteroatoms. The van der Waals surface area contributed by atoms with Gasteiger partial charge in [-0.2, -0.15) is 0 Å². The van der Waals surface area contributed by atoms with E-state index < -0.39 is 29.6 Å². The van der Waals surface area contributed by atoms with Crippen LogP contribution in [0.4, 0.5) is 4.79 Å². The SMILES string of the molecule is CCOC(=O)COc1cc(/C=C2\SC(=O)N(CC(=O)O[C@@H](C)CC)C2=O)ccc1OC. The average molecular weight is 451 g/mol. The molecule has 9 nitrogen and oxygen atoms in total. The Morgan fingerprint density at radius 2 is 1.90 bits per heavy atom. The van der Waals surface area contributed by atoms with Gasteiger partial charge in [-0.05, 0) is 55.8 Å². The fraction of sp³-hybridized carbons (Fsp3) is 0.429. The summed E-state index contributed by atoms with van der Waals surface area (Å²) in [6.45, 7) is 4.78. The molecule has 31 heavy (non-hydrogen) atoms.